The van der Waals surface area contributed by atoms with E-state index in [2.05, 4.69) is 37.5 Å². The summed E-state index contributed by atoms with van der Waals surface area (Å²) in [6.07, 6.45) is 3.72. The van der Waals surface area contributed by atoms with Gasteiger partial charge < -0.3 is 20.5 Å². The van der Waals surface area contributed by atoms with E-state index in [0.717, 1.165) is 57.0 Å². The summed E-state index contributed by atoms with van der Waals surface area (Å²) in [4.78, 5) is 4.79. The van der Waals surface area contributed by atoms with E-state index in [4.69, 9.17) is 9.73 Å². The fourth-order valence-electron chi connectivity index (χ4n) is 3.05. The van der Waals surface area contributed by atoms with Gasteiger partial charge in [-0.25, -0.2) is 0 Å². The topological polar surface area (TPSA) is 65.9 Å². The van der Waals surface area contributed by atoms with Crippen LogP contribution < -0.4 is 15.4 Å². The maximum absolute atomic E-state index is 9.38. The van der Waals surface area contributed by atoms with E-state index in [1.165, 1.54) is 5.56 Å². The molecular formula is C21H38IN3O2. The number of aliphatic imine (C=N–C) groups is 1. The van der Waals surface area contributed by atoms with Crippen LogP contribution in [0.4, 0.5) is 0 Å². The fourth-order valence-corrected chi connectivity index (χ4v) is 3.05. The molecule has 0 bridgehead atoms. The van der Waals surface area contributed by atoms with E-state index >= 15 is 0 Å². The lowest BCUT2D eigenvalue weighted by Gasteiger charge is -2.29. The average Bonchev–Trinajstić information content (AvgIpc) is 2.66. The minimum atomic E-state index is 0. The van der Waals surface area contributed by atoms with Gasteiger partial charge >= 0.3 is 0 Å². The van der Waals surface area contributed by atoms with Crippen LogP contribution in [0.1, 0.15) is 52.5 Å². The number of benzene rings is 1. The van der Waals surface area contributed by atoms with Crippen molar-refractivity contribution >= 4 is 29.9 Å². The number of aliphatic hydroxyl groups excluding tert-OH is 1. The summed E-state index contributed by atoms with van der Waals surface area (Å²) in [6.45, 7) is 11.7. The third-order valence-electron chi connectivity index (χ3n) is 5.02. The van der Waals surface area contributed by atoms with Crippen molar-refractivity contribution in [2.45, 2.75) is 53.4 Å². The molecule has 5 nitrogen and oxygen atoms in total. The Hall–Kier alpha value is -1.02. The van der Waals surface area contributed by atoms with Crippen LogP contribution in [0.25, 0.3) is 0 Å². The zero-order valence-corrected chi connectivity index (χ0v) is 19.7. The van der Waals surface area contributed by atoms with Gasteiger partial charge in [-0.05, 0) is 56.6 Å². The lowest BCUT2D eigenvalue weighted by molar-refractivity contribution is 0.175. The molecular weight excluding hydrogens is 453 g/mol. The van der Waals surface area contributed by atoms with Gasteiger partial charge in [0, 0.05) is 26.2 Å². The first kappa shape index (κ1) is 26.0. The molecule has 1 aromatic carbocycles. The molecule has 0 radical (unpaired) electrons. The zero-order chi connectivity index (χ0) is 19.3. The molecule has 0 atom stereocenters. The number of nitrogens with one attached hydrogen (secondary N) is 2. The molecule has 156 valence electrons. The predicted octanol–water partition coefficient (Wildman–Crippen LogP) is 3.99. The lowest BCUT2D eigenvalue weighted by Crippen LogP contribution is -2.39. The Morgan fingerprint density at radius 3 is 2.41 bits per heavy atom. The highest BCUT2D eigenvalue weighted by molar-refractivity contribution is 14.0. The number of hydrogen-bond donors (Lipinski definition) is 3. The second-order valence-electron chi connectivity index (χ2n) is 6.59. The Labute approximate surface area is 182 Å². The highest BCUT2D eigenvalue weighted by Gasteiger charge is 2.25. The minimum absolute atomic E-state index is 0. The molecule has 3 N–H and O–H groups in total. The molecule has 0 spiro atoms. The van der Waals surface area contributed by atoms with Gasteiger partial charge in [-0.15, -0.1) is 24.0 Å². The van der Waals surface area contributed by atoms with Crippen LogP contribution in [0.5, 0.6) is 5.75 Å². The van der Waals surface area contributed by atoms with Crippen molar-refractivity contribution in [3.05, 3.63) is 29.8 Å². The van der Waals surface area contributed by atoms with Crippen LogP contribution >= 0.6 is 24.0 Å². The monoisotopic (exact) mass is 491 g/mol. The number of guanidine groups is 1. The van der Waals surface area contributed by atoms with E-state index in [-0.39, 0.29) is 36.0 Å². The molecule has 0 amide bonds. The van der Waals surface area contributed by atoms with Gasteiger partial charge in [0.05, 0.1) is 6.61 Å². The van der Waals surface area contributed by atoms with Crippen LogP contribution in [0.2, 0.25) is 0 Å². The van der Waals surface area contributed by atoms with E-state index < -0.39 is 0 Å². The number of ether oxygens (including phenoxy) is 1. The van der Waals surface area contributed by atoms with Crippen molar-refractivity contribution in [3.63, 3.8) is 0 Å². The number of hydrogen-bond acceptors (Lipinski definition) is 3. The Morgan fingerprint density at radius 2 is 1.81 bits per heavy atom. The van der Waals surface area contributed by atoms with Crippen molar-refractivity contribution in [1.82, 2.24) is 10.6 Å². The predicted molar refractivity (Wildman–Crippen MR) is 125 cm³/mol. The summed E-state index contributed by atoms with van der Waals surface area (Å²) >= 11 is 0. The molecule has 0 unspecified atom stereocenters. The first-order valence-electron chi connectivity index (χ1n) is 9.98. The van der Waals surface area contributed by atoms with Crippen molar-refractivity contribution in [3.8, 4) is 5.75 Å². The van der Waals surface area contributed by atoms with Gasteiger partial charge in [0.2, 0.25) is 0 Å². The molecule has 0 aliphatic carbocycles. The highest BCUT2D eigenvalue weighted by atomic mass is 127. The first-order chi connectivity index (χ1) is 12.6. The van der Waals surface area contributed by atoms with Crippen LogP contribution in [-0.4, -0.2) is 43.9 Å². The molecule has 1 rings (SSSR count). The van der Waals surface area contributed by atoms with Crippen LogP contribution in [0.15, 0.2) is 29.3 Å². The molecule has 0 saturated heterocycles. The quantitative estimate of drug-likeness (QED) is 0.235. The third-order valence-corrected chi connectivity index (χ3v) is 5.02. The Morgan fingerprint density at radius 1 is 1.11 bits per heavy atom. The highest BCUT2D eigenvalue weighted by Crippen LogP contribution is 2.30. The molecule has 0 aromatic heterocycles. The average molecular weight is 491 g/mol. The molecule has 6 heteroatoms. The summed E-state index contributed by atoms with van der Waals surface area (Å²) in [6, 6.07) is 8.17. The van der Waals surface area contributed by atoms with Gasteiger partial charge in [-0.3, -0.25) is 4.99 Å². The Balaban J connectivity index is 0.00000676. The maximum atomic E-state index is 9.38. The molecule has 27 heavy (non-hydrogen) atoms. The van der Waals surface area contributed by atoms with E-state index in [1.54, 1.807) is 0 Å². The number of para-hydroxylation sites is 1. The van der Waals surface area contributed by atoms with E-state index in [0.29, 0.717) is 6.61 Å². The molecule has 0 fully saturated rings. The second-order valence-corrected chi connectivity index (χ2v) is 6.59. The van der Waals surface area contributed by atoms with Crippen molar-refractivity contribution < 1.29 is 9.84 Å². The number of nitrogens with zero attached hydrogens (tertiary/aromatic N) is 1. The third kappa shape index (κ3) is 9.14. The largest absolute Gasteiger partial charge is 0.494 e. The van der Waals surface area contributed by atoms with Gasteiger partial charge in [-0.1, -0.05) is 32.0 Å². The van der Waals surface area contributed by atoms with E-state index in [9.17, 15) is 5.11 Å². The van der Waals surface area contributed by atoms with Gasteiger partial charge in [0.25, 0.3) is 0 Å². The second kappa shape index (κ2) is 15.0. The number of rotatable bonds is 12. The molecule has 0 aliphatic rings. The van der Waals surface area contributed by atoms with Crippen molar-refractivity contribution in [2.24, 2.45) is 10.4 Å². The number of aliphatic hydroxyl groups is 1. The van der Waals surface area contributed by atoms with Gasteiger partial charge in [0.15, 0.2) is 5.96 Å². The SMILES string of the molecule is CCNC(=NCC(CC)(CC)CCO)NCCc1ccccc1OCC.I. The summed E-state index contributed by atoms with van der Waals surface area (Å²) < 4.78 is 5.69. The normalized spacial score (nSPS) is 11.7. The molecule has 0 aliphatic heterocycles. The molecule has 0 saturated carbocycles. The first-order valence-corrected chi connectivity index (χ1v) is 9.98. The number of halogens is 1. The van der Waals surface area contributed by atoms with Gasteiger partial charge in [-0.2, -0.15) is 0 Å². The zero-order valence-electron chi connectivity index (χ0n) is 17.4. The van der Waals surface area contributed by atoms with Crippen LogP contribution in [0.3, 0.4) is 0 Å². The van der Waals surface area contributed by atoms with Gasteiger partial charge in [0.1, 0.15) is 5.75 Å². The maximum Gasteiger partial charge on any atom is 0.191 e. The molecule has 1 aromatic rings. The summed E-state index contributed by atoms with van der Waals surface area (Å²) in [7, 11) is 0. The van der Waals surface area contributed by atoms with Crippen molar-refractivity contribution in [1.29, 1.82) is 0 Å². The lowest BCUT2D eigenvalue weighted by atomic mass is 9.79. The Kier molecular flexibility index (Phi) is 14.4. The smallest absolute Gasteiger partial charge is 0.191 e. The van der Waals surface area contributed by atoms with Crippen LogP contribution in [0, 0.1) is 5.41 Å². The summed E-state index contributed by atoms with van der Waals surface area (Å²) in [5, 5.41) is 16.1. The standard InChI is InChI=1S/C21H37N3O2.HI/c1-5-21(6-2,14-16-25)17-24-20(22-7-3)23-15-13-18-11-9-10-12-19(18)26-8-4;/h9-12,25H,5-8,13-17H2,1-4H3,(H2,22,23,24);1H. The Bertz CT molecular complexity index is 534. The minimum Gasteiger partial charge on any atom is -0.494 e. The molecule has 0 heterocycles. The van der Waals surface area contributed by atoms with Crippen LogP contribution in [-0.2, 0) is 6.42 Å². The summed E-state index contributed by atoms with van der Waals surface area (Å²) in [5.74, 6) is 1.79. The van der Waals surface area contributed by atoms with Crippen molar-refractivity contribution in [2.75, 3.05) is 32.8 Å². The summed E-state index contributed by atoms with van der Waals surface area (Å²) in [5.41, 5.74) is 1.29. The fraction of sp³-hybridized carbons (Fsp3) is 0.667. The van der Waals surface area contributed by atoms with E-state index in [1.807, 2.05) is 25.1 Å².